The molecule has 0 saturated heterocycles. The summed E-state index contributed by atoms with van der Waals surface area (Å²) in [7, 11) is 0. The third-order valence-corrected chi connectivity index (χ3v) is 5.13. The number of carbonyl (C=O) groups is 2. The lowest BCUT2D eigenvalue weighted by Crippen LogP contribution is -2.37. The second-order valence-corrected chi connectivity index (χ2v) is 7.68. The van der Waals surface area contributed by atoms with E-state index in [0.717, 1.165) is 22.6 Å². The highest BCUT2D eigenvalue weighted by Gasteiger charge is 2.24. The van der Waals surface area contributed by atoms with E-state index < -0.39 is 0 Å². The second-order valence-electron chi connectivity index (χ2n) is 7.68. The Morgan fingerprint density at radius 1 is 1.26 bits per heavy atom. The Kier molecular flexibility index (Phi) is 7.23. The quantitative estimate of drug-likeness (QED) is 0.707. The smallest absolute Gasteiger partial charge is 0.244 e. The summed E-state index contributed by atoms with van der Waals surface area (Å²) < 4.78 is 5.77. The van der Waals surface area contributed by atoms with Crippen LogP contribution in [0.3, 0.4) is 0 Å². The molecule has 0 spiro atoms. The molecule has 1 N–H and O–H groups in total. The number of ether oxygens (including phenoxy) is 1. The predicted octanol–water partition coefficient (Wildman–Crippen LogP) is 4.69. The van der Waals surface area contributed by atoms with E-state index in [9.17, 15) is 9.59 Å². The molecule has 0 aliphatic heterocycles. The molecule has 1 aromatic heterocycles. The predicted molar refractivity (Wildman–Crippen MR) is 122 cm³/mol. The number of allylic oxidation sites excluding steroid dienone is 3. The minimum atomic E-state index is -0.276. The lowest BCUT2D eigenvalue weighted by molar-refractivity contribution is -0.130. The van der Waals surface area contributed by atoms with Crippen molar-refractivity contribution in [1.82, 2.24) is 9.88 Å². The standard InChI is InChI=1S/C25H29N3O3/c1-5-31-24-14-17(2)9-12-23(24)28(19(4)29)16-25(30)27-20-11-10-18(3)21(15-20)22-8-6-7-13-26-22/h6-13,15,17H,5,14,16H2,1-4H3,(H,27,30). The van der Waals surface area contributed by atoms with E-state index >= 15 is 0 Å². The SMILES string of the molecule is CCOC1=C(N(CC(=O)Nc2ccc(C)c(-c3ccccn3)c2)C(C)=O)C=CC(C)C1. The molecule has 0 radical (unpaired) electrons. The summed E-state index contributed by atoms with van der Waals surface area (Å²) in [6.45, 7) is 7.89. The Hall–Kier alpha value is -3.41. The number of hydrogen-bond donors (Lipinski definition) is 1. The van der Waals surface area contributed by atoms with Gasteiger partial charge in [0.25, 0.3) is 0 Å². The fraction of sp³-hybridized carbons (Fsp3) is 0.320. The van der Waals surface area contributed by atoms with Crippen LogP contribution in [-0.4, -0.2) is 34.8 Å². The largest absolute Gasteiger partial charge is 0.496 e. The van der Waals surface area contributed by atoms with Gasteiger partial charge in [0.15, 0.2) is 0 Å². The van der Waals surface area contributed by atoms with Crippen molar-refractivity contribution in [2.24, 2.45) is 5.92 Å². The molecule has 31 heavy (non-hydrogen) atoms. The lowest BCUT2D eigenvalue weighted by Gasteiger charge is -2.28. The molecule has 6 nitrogen and oxygen atoms in total. The van der Waals surface area contributed by atoms with Gasteiger partial charge in [0.2, 0.25) is 11.8 Å². The zero-order chi connectivity index (χ0) is 22.4. The number of benzene rings is 1. The van der Waals surface area contributed by atoms with Crippen LogP contribution in [0.25, 0.3) is 11.3 Å². The van der Waals surface area contributed by atoms with E-state index in [1.807, 2.05) is 62.4 Å². The van der Waals surface area contributed by atoms with E-state index in [4.69, 9.17) is 4.74 Å². The summed E-state index contributed by atoms with van der Waals surface area (Å²) in [4.78, 5) is 31.1. The number of rotatable bonds is 7. The van der Waals surface area contributed by atoms with E-state index in [1.165, 1.54) is 11.8 Å². The Morgan fingerprint density at radius 3 is 2.74 bits per heavy atom. The van der Waals surface area contributed by atoms with Crippen LogP contribution in [0.5, 0.6) is 0 Å². The van der Waals surface area contributed by atoms with Crippen molar-refractivity contribution in [3.8, 4) is 11.3 Å². The van der Waals surface area contributed by atoms with Crippen LogP contribution in [0.2, 0.25) is 0 Å². The van der Waals surface area contributed by atoms with Crippen LogP contribution >= 0.6 is 0 Å². The monoisotopic (exact) mass is 419 g/mol. The normalized spacial score (nSPS) is 15.5. The molecular weight excluding hydrogens is 390 g/mol. The molecule has 1 aromatic carbocycles. The second kappa shape index (κ2) is 10.1. The van der Waals surface area contributed by atoms with Crippen molar-refractivity contribution < 1.29 is 14.3 Å². The number of aryl methyl sites for hydroxylation is 1. The first-order chi connectivity index (χ1) is 14.9. The molecule has 1 atom stereocenters. The average Bonchev–Trinajstić information content (AvgIpc) is 2.75. The Balaban J connectivity index is 1.79. The van der Waals surface area contributed by atoms with Gasteiger partial charge in [-0.2, -0.15) is 0 Å². The van der Waals surface area contributed by atoms with Crippen LogP contribution in [0.1, 0.15) is 32.8 Å². The summed E-state index contributed by atoms with van der Waals surface area (Å²) in [6, 6.07) is 11.4. The topological polar surface area (TPSA) is 71.5 Å². The number of aromatic nitrogens is 1. The fourth-order valence-electron chi connectivity index (χ4n) is 3.57. The number of amides is 2. The number of nitrogens with one attached hydrogen (secondary N) is 1. The molecule has 2 aromatic rings. The van der Waals surface area contributed by atoms with Crippen molar-refractivity contribution in [1.29, 1.82) is 0 Å². The summed E-state index contributed by atoms with van der Waals surface area (Å²) in [5.74, 6) is 0.583. The molecule has 1 aliphatic rings. The van der Waals surface area contributed by atoms with Gasteiger partial charge in [-0.15, -0.1) is 0 Å². The highest BCUT2D eigenvalue weighted by Crippen LogP contribution is 2.28. The fourth-order valence-corrected chi connectivity index (χ4v) is 3.57. The van der Waals surface area contributed by atoms with Gasteiger partial charge in [-0.1, -0.05) is 25.1 Å². The molecule has 0 saturated carbocycles. The van der Waals surface area contributed by atoms with E-state index in [0.29, 0.717) is 30.3 Å². The lowest BCUT2D eigenvalue weighted by atomic mass is 9.99. The summed E-state index contributed by atoms with van der Waals surface area (Å²) in [6.07, 6.45) is 6.35. The first-order valence-corrected chi connectivity index (χ1v) is 10.5. The van der Waals surface area contributed by atoms with Crippen LogP contribution in [-0.2, 0) is 14.3 Å². The first kappa shape index (κ1) is 22.3. The third-order valence-electron chi connectivity index (χ3n) is 5.13. The molecule has 1 heterocycles. The minimum Gasteiger partial charge on any atom is -0.496 e. The maximum absolute atomic E-state index is 12.8. The number of nitrogens with zero attached hydrogens (tertiary/aromatic N) is 2. The molecule has 6 heteroatoms. The molecule has 162 valence electrons. The van der Waals surface area contributed by atoms with Crippen LogP contribution in [0.4, 0.5) is 5.69 Å². The number of carbonyl (C=O) groups excluding carboxylic acids is 2. The van der Waals surface area contributed by atoms with Crippen molar-refractivity contribution >= 4 is 17.5 Å². The summed E-state index contributed by atoms with van der Waals surface area (Å²) >= 11 is 0. The van der Waals surface area contributed by atoms with E-state index in [-0.39, 0.29) is 18.4 Å². The van der Waals surface area contributed by atoms with Gasteiger partial charge in [-0.05, 0) is 55.7 Å². The van der Waals surface area contributed by atoms with Crippen molar-refractivity contribution in [2.45, 2.75) is 34.1 Å². The van der Waals surface area contributed by atoms with Crippen molar-refractivity contribution in [2.75, 3.05) is 18.5 Å². The van der Waals surface area contributed by atoms with Crippen LogP contribution < -0.4 is 5.32 Å². The van der Waals surface area contributed by atoms with Gasteiger partial charge in [0, 0.05) is 30.8 Å². The average molecular weight is 420 g/mol. The molecule has 0 bridgehead atoms. The maximum Gasteiger partial charge on any atom is 0.244 e. The van der Waals surface area contributed by atoms with Crippen molar-refractivity contribution in [3.05, 3.63) is 71.8 Å². The Morgan fingerprint density at radius 2 is 2.06 bits per heavy atom. The van der Waals surface area contributed by atoms with Gasteiger partial charge in [0.1, 0.15) is 12.3 Å². The third kappa shape index (κ3) is 5.60. The van der Waals surface area contributed by atoms with Gasteiger partial charge >= 0.3 is 0 Å². The molecule has 3 rings (SSSR count). The van der Waals surface area contributed by atoms with Crippen molar-refractivity contribution in [3.63, 3.8) is 0 Å². The minimum absolute atomic E-state index is 0.0905. The molecule has 0 fully saturated rings. The number of hydrogen-bond acceptors (Lipinski definition) is 4. The van der Waals surface area contributed by atoms with E-state index in [2.05, 4.69) is 17.2 Å². The van der Waals surface area contributed by atoms with Crippen LogP contribution in [0.15, 0.2) is 66.2 Å². The Bertz CT molecular complexity index is 1010. The highest BCUT2D eigenvalue weighted by molar-refractivity contribution is 5.95. The number of pyridine rings is 1. The molecule has 2 amide bonds. The van der Waals surface area contributed by atoms with Gasteiger partial charge in [0.05, 0.1) is 18.0 Å². The first-order valence-electron chi connectivity index (χ1n) is 10.5. The molecular formula is C25H29N3O3. The zero-order valence-corrected chi connectivity index (χ0v) is 18.5. The van der Waals surface area contributed by atoms with E-state index in [1.54, 1.807) is 6.20 Å². The maximum atomic E-state index is 12.8. The summed E-state index contributed by atoms with van der Waals surface area (Å²) in [5, 5.41) is 2.91. The zero-order valence-electron chi connectivity index (χ0n) is 18.5. The molecule has 1 unspecified atom stereocenters. The van der Waals surface area contributed by atoms with Crippen LogP contribution in [0, 0.1) is 12.8 Å². The molecule has 1 aliphatic carbocycles. The van der Waals surface area contributed by atoms with Gasteiger partial charge in [-0.25, -0.2) is 0 Å². The highest BCUT2D eigenvalue weighted by atomic mass is 16.5. The van der Waals surface area contributed by atoms with Gasteiger partial charge < -0.3 is 15.0 Å². The summed E-state index contributed by atoms with van der Waals surface area (Å²) in [5.41, 5.74) is 4.17. The number of anilines is 1. The van der Waals surface area contributed by atoms with Gasteiger partial charge in [-0.3, -0.25) is 14.6 Å². The Labute approximate surface area is 183 Å².